The molecule has 8 aromatic rings. The smallest absolute Gasteiger partial charge is 0.0318 e. The molecule has 0 unspecified atom stereocenters. The molecule has 0 N–H and O–H groups in total. The van der Waals surface area contributed by atoms with E-state index in [1.54, 1.807) is 0 Å². The molecule has 2 fully saturated rings. The Balaban J connectivity index is 1.06. The van der Waals surface area contributed by atoms with Crippen molar-refractivity contribution < 1.29 is 0 Å². The molecular weight excluding hydrogens is 873 g/mol. The average molecular weight is 933 g/mol. The van der Waals surface area contributed by atoms with Crippen LogP contribution in [0.1, 0.15) is 83.4 Å². The highest BCUT2D eigenvalue weighted by molar-refractivity contribution is 7.80. The fourth-order valence-electron chi connectivity index (χ4n) is 10.5. The lowest BCUT2D eigenvalue weighted by Crippen LogP contribution is -2.29. The van der Waals surface area contributed by atoms with Gasteiger partial charge >= 0.3 is 0 Å². The van der Waals surface area contributed by atoms with E-state index < -0.39 is 32.3 Å². The van der Waals surface area contributed by atoms with Crippen LogP contribution in [0, 0.1) is 0 Å². The van der Waals surface area contributed by atoms with Crippen molar-refractivity contribution in [3.05, 3.63) is 265 Å². The van der Waals surface area contributed by atoms with Gasteiger partial charge in [0.1, 0.15) is 0 Å². The van der Waals surface area contributed by atoms with Crippen LogP contribution in [0.5, 0.6) is 0 Å². The van der Waals surface area contributed by atoms with Crippen molar-refractivity contribution in [2.24, 2.45) is 0 Å². The first kappa shape index (κ1) is 45.2. The third-order valence-corrected chi connectivity index (χ3v) is 26.4. The number of hydrogen-bond donors (Lipinski definition) is 0. The van der Waals surface area contributed by atoms with Gasteiger partial charge in [-0.2, -0.15) is 0 Å². The normalized spacial score (nSPS) is 19.0. The summed E-state index contributed by atoms with van der Waals surface area (Å²) in [6, 6.07) is 92.4. The summed E-state index contributed by atoms with van der Waals surface area (Å²) in [5.41, 5.74) is 8.05. The van der Waals surface area contributed by atoms with Crippen molar-refractivity contribution >= 4 is 53.5 Å². The zero-order valence-electron chi connectivity index (χ0n) is 37.7. The Bertz CT molecular complexity index is 2280. The van der Waals surface area contributed by atoms with E-state index in [-0.39, 0.29) is 0 Å². The van der Waals surface area contributed by atoms with E-state index in [1.807, 2.05) is 0 Å². The van der Waals surface area contributed by atoms with Gasteiger partial charge in [-0.05, 0) is 98.1 Å². The Morgan fingerprint density at radius 2 is 0.485 bits per heavy atom. The van der Waals surface area contributed by atoms with E-state index in [9.17, 15) is 0 Å². The molecule has 2 aliphatic heterocycles. The summed E-state index contributed by atoms with van der Waals surface area (Å²) in [4.78, 5) is 0. The highest BCUT2D eigenvalue weighted by atomic mass is 31.2. The Kier molecular flexibility index (Phi) is 15.4. The maximum absolute atomic E-state index is 3.11. The second-order valence-electron chi connectivity index (χ2n) is 17.5. The molecule has 2 aliphatic rings. The lowest BCUT2D eigenvalue weighted by molar-refractivity contribution is 0.565. The summed E-state index contributed by atoms with van der Waals surface area (Å²) >= 11 is 0. The molecule has 2 saturated heterocycles. The molecule has 0 aliphatic carbocycles. The van der Waals surface area contributed by atoms with E-state index in [0.717, 1.165) is 25.9 Å². The second-order valence-corrected chi connectivity index (χ2v) is 27.4. The van der Waals surface area contributed by atoms with Gasteiger partial charge in [-0.15, -0.1) is 0 Å². The number of benzene rings is 8. The van der Waals surface area contributed by atoms with Crippen LogP contribution in [0.3, 0.4) is 0 Å². The van der Waals surface area contributed by atoms with Gasteiger partial charge in [0.25, 0.3) is 0 Å². The van der Waals surface area contributed by atoms with Gasteiger partial charge in [-0.3, -0.25) is 8.88 Å². The van der Waals surface area contributed by atoms with E-state index in [1.165, 1.54) is 69.2 Å². The zero-order valence-corrected chi connectivity index (χ0v) is 41.3. The van der Waals surface area contributed by atoms with Crippen LogP contribution in [-0.4, -0.2) is 22.0 Å². The van der Waals surface area contributed by atoms with Crippen LogP contribution >= 0.6 is 32.3 Å². The highest BCUT2D eigenvalue weighted by Gasteiger charge is 2.46. The van der Waals surface area contributed by atoms with Crippen LogP contribution in [0.4, 0.5) is 0 Å². The van der Waals surface area contributed by atoms with Crippen molar-refractivity contribution in [2.45, 2.75) is 61.2 Å². The van der Waals surface area contributed by atoms with Gasteiger partial charge < -0.3 is 0 Å². The minimum absolute atomic E-state index is 0.504. The molecule has 6 heteroatoms. The minimum Gasteiger partial charge on any atom is -0.251 e. The van der Waals surface area contributed by atoms with Crippen LogP contribution in [0.2, 0.25) is 0 Å². The number of unbranched alkanes of at least 4 members (excludes halogenated alkanes) is 1. The summed E-state index contributed by atoms with van der Waals surface area (Å²) in [5.74, 6) is 0. The van der Waals surface area contributed by atoms with Gasteiger partial charge in [0.05, 0.1) is 0 Å². The summed E-state index contributed by atoms with van der Waals surface area (Å²) < 4.78 is 6.22. The molecule has 0 saturated carbocycles. The second kappa shape index (κ2) is 22.5. The van der Waals surface area contributed by atoms with E-state index >= 15 is 0 Å². The van der Waals surface area contributed by atoms with Gasteiger partial charge in [-0.25, -0.2) is 0 Å². The Labute approximate surface area is 399 Å². The first-order chi connectivity index (χ1) is 32.8. The molecule has 330 valence electrons. The predicted octanol–water partition coefficient (Wildman–Crippen LogP) is 15.8. The van der Waals surface area contributed by atoms with E-state index in [0.29, 0.717) is 22.6 Å². The summed E-state index contributed by atoms with van der Waals surface area (Å²) in [5, 5.41) is 5.82. The minimum atomic E-state index is -0.803. The molecule has 0 spiro atoms. The van der Waals surface area contributed by atoms with Gasteiger partial charge in [-0.1, -0.05) is 243 Å². The third kappa shape index (κ3) is 10.3. The molecule has 10 rings (SSSR count). The molecule has 2 nitrogen and oxygen atoms in total. The molecule has 2 heterocycles. The topological polar surface area (TPSA) is 6.48 Å². The Morgan fingerprint density at radius 1 is 0.288 bits per heavy atom. The summed E-state index contributed by atoms with van der Waals surface area (Å²) in [7, 11) is -2.84. The van der Waals surface area contributed by atoms with Crippen molar-refractivity contribution in [3.8, 4) is 0 Å². The Morgan fingerprint density at radius 3 is 0.697 bits per heavy atom. The molecule has 0 amide bonds. The number of nitrogens with zero attached hydrogens (tertiary/aromatic N) is 2. The lowest BCUT2D eigenvalue weighted by atomic mass is 10.0. The van der Waals surface area contributed by atoms with Crippen molar-refractivity contribution in [1.82, 2.24) is 8.88 Å². The molecule has 0 bridgehead atoms. The largest absolute Gasteiger partial charge is 0.251 e. The highest BCUT2D eigenvalue weighted by Crippen LogP contribution is 2.77. The first-order valence-electron chi connectivity index (χ1n) is 23.9. The first-order valence-corrected chi connectivity index (χ1v) is 29.4. The fourth-order valence-corrected chi connectivity index (χ4v) is 25.5. The van der Waals surface area contributed by atoms with Crippen LogP contribution in [-0.2, 0) is 0 Å². The van der Waals surface area contributed by atoms with Crippen LogP contribution in [0.15, 0.2) is 243 Å². The number of rotatable bonds is 17. The zero-order chi connectivity index (χ0) is 44.3. The quantitative estimate of drug-likeness (QED) is 0.0663. The maximum atomic E-state index is 3.11. The summed E-state index contributed by atoms with van der Waals surface area (Å²) in [6.07, 6.45) is 7.15. The molecule has 66 heavy (non-hydrogen) atoms. The summed E-state index contributed by atoms with van der Waals surface area (Å²) in [6.45, 7) is 2.14. The SMILES string of the molecule is c1ccc([C@@H]2CC[C@@H](c3ccccc3)P2N(CCCCN(P(c2ccccc2)c2ccccc2)P2[C@H](c3ccccc3)CC[C@H]2c2ccccc2)P(c2ccccc2)c2ccccc2)cc1. The van der Waals surface area contributed by atoms with Gasteiger partial charge in [0, 0.05) is 51.9 Å². The van der Waals surface area contributed by atoms with E-state index in [2.05, 4.69) is 252 Å². The van der Waals surface area contributed by atoms with Crippen molar-refractivity contribution in [3.63, 3.8) is 0 Å². The fraction of sp³-hybridized carbons (Fsp3) is 0.200. The van der Waals surface area contributed by atoms with E-state index in [4.69, 9.17) is 0 Å². The van der Waals surface area contributed by atoms with Crippen LogP contribution in [0.25, 0.3) is 0 Å². The van der Waals surface area contributed by atoms with Gasteiger partial charge in [0.2, 0.25) is 0 Å². The van der Waals surface area contributed by atoms with Crippen molar-refractivity contribution in [2.75, 3.05) is 13.1 Å². The predicted molar refractivity (Wildman–Crippen MR) is 290 cm³/mol. The third-order valence-electron chi connectivity index (χ3n) is 13.4. The number of hydrogen-bond acceptors (Lipinski definition) is 2. The monoisotopic (exact) mass is 932 g/mol. The van der Waals surface area contributed by atoms with Crippen molar-refractivity contribution in [1.29, 1.82) is 0 Å². The molecule has 8 aromatic carbocycles. The average Bonchev–Trinajstić information content (AvgIpc) is 4.05. The standard InChI is InChI=1S/C60H60N2P4/c1-9-27-49(28-10-1)57-43-44-58(50-29-11-2-12-30-50)65(57)61(63(53-35-17-5-18-36-53)54-37-19-6-20-38-54)47-25-26-48-62(64(55-39-21-7-22-40-55)56-41-23-8-24-42-56)66-59(51-31-13-3-14-32-51)45-46-60(66)52-33-15-4-16-34-52/h1-24,27-42,57-60H,25-26,43-48H2/t57-,58-,59-,60-/m0/s1. The van der Waals surface area contributed by atoms with Crippen LogP contribution < -0.4 is 21.2 Å². The van der Waals surface area contributed by atoms with Gasteiger partial charge in [0.15, 0.2) is 0 Å². The lowest BCUT2D eigenvalue weighted by Gasteiger charge is -2.44. The molecule has 0 aromatic heterocycles. The Hall–Kier alpha value is -4.60. The molecule has 0 radical (unpaired) electrons. The maximum Gasteiger partial charge on any atom is 0.0318 e. The molecular formula is C60H60N2P4. The molecule has 4 atom stereocenters.